The summed E-state index contributed by atoms with van der Waals surface area (Å²) in [6.07, 6.45) is 0. The Hall–Kier alpha value is -1.13. The summed E-state index contributed by atoms with van der Waals surface area (Å²) in [7, 11) is 0. The van der Waals surface area contributed by atoms with Crippen molar-refractivity contribution in [3.63, 3.8) is 0 Å². The van der Waals surface area contributed by atoms with E-state index in [2.05, 4.69) is 0 Å². The molecule has 0 bridgehead atoms. The number of nitro benzene ring substituents is 1. The Morgan fingerprint density at radius 3 is 2.50 bits per heavy atom. The van der Waals surface area contributed by atoms with Gasteiger partial charge in [-0.25, -0.2) is 0 Å². The summed E-state index contributed by atoms with van der Waals surface area (Å²) >= 11 is 10.8. The summed E-state index contributed by atoms with van der Waals surface area (Å²) in [5, 5.41) is 9.92. The molecule has 0 aliphatic rings. The Morgan fingerprint density at radius 1 is 1.50 bits per heavy atom. The Bertz CT molecular complexity index is 417. The van der Waals surface area contributed by atoms with Gasteiger partial charge in [0.2, 0.25) is 0 Å². The SMILES string of the molecule is Cc1cc(Cl)cc([N+](=O)[O-])c1C(=O)Cl. The Balaban J connectivity index is 3.52. The smallest absolute Gasteiger partial charge is 0.275 e. The topological polar surface area (TPSA) is 60.2 Å². The first-order valence-corrected chi connectivity index (χ1v) is 4.33. The van der Waals surface area contributed by atoms with Crippen molar-refractivity contribution in [2.45, 2.75) is 6.92 Å². The number of hydrogen-bond donors (Lipinski definition) is 0. The van der Waals surface area contributed by atoms with Crippen molar-refractivity contribution in [1.29, 1.82) is 0 Å². The standard InChI is InChI=1S/C8H5Cl2NO3/c1-4-2-5(9)3-6(11(13)14)7(4)8(10)12/h2-3H,1H3. The van der Waals surface area contributed by atoms with Gasteiger partial charge in [-0.05, 0) is 30.2 Å². The summed E-state index contributed by atoms with van der Waals surface area (Å²) in [5.41, 5.74) is -0.0831. The van der Waals surface area contributed by atoms with Gasteiger partial charge in [0.1, 0.15) is 5.56 Å². The third kappa shape index (κ3) is 2.02. The quantitative estimate of drug-likeness (QED) is 0.449. The van der Waals surface area contributed by atoms with Gasteiger partial charge in [0.15, 0.2) is 0 Å². The van der Waals surface area contributed by atoms with Gasteiger partial charge in [0.25, 0.3) is 10.9 Å². The zero-order chi connectivity index (χ0) is 10.9. The lowest BCUT2D eigenvalue weighted by atomic mass is 10.1. The van der Waals surface area contributed by atoms with E-state index in [0.29, 0.717) is 5.56 Å². The van der Waals surface area contributed by atoms with Crippen molar-refractivity contribution in [2.24, 2.45) is 0 Å². The van der Waals surface area contributed by atoms with Crippen molar-refractivity contribution < 1.29 is 9.72 Å². The van der Waals surface area contributed by atoms with Crippen molar-refractivity contribution in [3.05, 3.63) is 38.4 Å². The van der Waals surface area contributed by atoms with Crippen LogP contribution >= 0.6 is 23.2 Å². The number of benzene rings is 1. The largest absolute Gasteiger partial charge is 0.283 e. The third-order valence-corrected chi connectivity index (χ3v) is 2.08. The first kappa shape index (κ1) is 10.9. The van der Waals surface area contributed by atoms with Crippen LogP contribution in [0.2, 0.25) is 5.02 Å². The van der Waals surface area contributed by atoms with E-state index < -0.39 is 10.2 Å². The van der Waals surface area contributed by atoms with Gasteiger partial charge in [-0.1, -0.05) is 11.6 Å². The van der Waals surface area contributed by atoms with E-state index >= 15 is 0 Å². The minimum Gasteiger partial charge on any atom is -0.275 e. The van der Waals surface area contributed by atoms with E-state index in [1.54, 1.807) is 0 Å². The summed E-state index contributed by atoms with van der Waals surface area (Å²) in [4.78, 5) is 20.8. The second-order valence-corrected chi connectivity index (χ2v) is 3.43. The lowest BCUT2D eigenvalue weighted by molar-refractivity contribution is -0.385. The monoisotopic (exact) mass is 233 g/mol. The maximum absolute atomic E-state index is 10.9. The third-order valence-electron chi connectivity index (χ3n) is 1.67. The van der Waals surface area contributed by atoms with E-state index in [4.69, 9.17) is 23.2 Å². The number of hydrogen-bond acceptors (Lipinski definition) is 3. The van der Waals surface area contributed by atoms with Gasteiger partial charge in [-0.15, -0.1) is 0 Å². The van der Waals surface area contributed by atoms with Crippen molar-refractivity contribution >= 4 is 34.1 Å². The second-order valence-electron chi connectivity index (χ2n) is 2.65. The highest BCUT2D eigenvalue weighted by atomic mass is 35.5. The molecule has 0 radical (unpaired) electrons. The highest BCUT2D eigenvalue weighted by Crippen LogP contribution is 2.28. The highest BCUT2D eigenvalue weighted by Gasteiger charge is 2.21. The molecule has 1 rings (SSSR count). The highest BCUT2D eigenvalue weighted by molar-refractivity contribution is 6.68. The number of carbonyl (C=O) groups is 1. The molecule has 0 heterocycles. The second kappa shape index (κ2) is 3.94. The molecule has 0 aliphatic carbocycles. The summed E-state index contributed by atoms with van der Waals surface area (Å²) < 4.78 is 0. The molecule has 0 fully saturated rings. The van der Waals surface area contributed by atoms with Crippen molar-refractivity contribution in [3.8, 4) is 0 Å². The van der Waals surface area contributed by atoms with Crippen LogP contribution < -0.4 is 0 Å². The molecule has 1 aromatic carbocycles. The van der Waals surface area contributed by atoms with E-state index in [1.807, 2.05) is 0 Å². The molecule has 0 aliphatic heterocycles. The van der Waals surface area contributed by atoms with Crippen LogP contribution in [0.1, 0.15) is 15.9 Å². The number of aryl methyl sites for hydroxylation is 1. The molecule has 0 saturated carbocycles. The predicted molar refractivity (Wildman–Crippen MR) is 53.0 cm³/mol. The number of nitrogens with zero attached hydrogens (tertiary/aromatic N) is 1. The average molecular weight is 234 g/mol. The number of carbonyl (C=O) groups excluding carboxylic acids is 1. The molecule has 0 spiro atoms. The van der Waals surface area contributed by atoms with E-state index in [0.717, 1.165) is 6.07 Å². The predicted octanol–water partition coefficient (Wildman–Crippen LogP) is 2.94. The Labute approximate surface area is 89.6 Å². The van der Waals surface area contributed by atoms with Crippen molar-refractivity contribution in [2.75, 3.05) is 0 Å². The maximum atomic E-state index is 10.9. The van der Waals surface area contributed by atoms with Gasteiger partial charge < -0.3 is 0 Å². The van der Waals surface area contributed by atoms with Crippen molar-refractivity contribution in [1.82, 2.24) is 0 Å². The number of rotatable bonds is 2. The fraction of sp³-hybridized carbons (Fsp3) is 0.125. The number of halogens is 2. The van der Waals surface area contributed by atoms with Crippen LogP contribution in [0, 0.1) is 17.0 Å². The van der Waals surface area contributed by atoms with Gasteiger partial charge in [0.05, 0.1) is 4.92 Å². The fourth-order valence-corrected chi connectivity index (χ4v) is 1.64. The Kier molecular flexibility index (Phi) is 3.08. The lowest BCUT2D eigenvalue weighted by Gasteiger charge is -2.02. The van der Waals surface area contributed by atoms with Crippen LogP contribution in [0.15, 0.2) is 12.1 Å². The molecular weight excluding hydrogens is 229 g/mol. The summed E-state index contributed by atoms with van der Waals surface area (Å²) in [6.45, 7) is 1.54. The fourth-order valence-electron chi connectivity index (χ4n) is 1.13. The molecule has 0 atom stereocenters. The summed E-state index contributed by atoms with van der Waals surface area (Å²) in [6, 6.07) is 2.55. The van der Waals surface area contributed by atoms with E-state index in [9.17, 15) is 14.9 Å². The minimum absolute atomic E-state index is 0.110. The molecule has 0 amide bonds. The molecule has 0 aromatic heterocycles. The van der Waals surface area contributed by atoms with Crippen LogP contribution in [-0.2, 0) is 0 Å². The van der Waals surface area contributed by atoms with Crippen LogP contribution in [0.3, 0.4) is 0 Å². The lowest BCUT2D eigenvalue weighted by Crippen LogP contribution is -2.01. The minimum atomic E-state index is -0.856. The molecule has 6 heteroatoms. The zero-order valence-corrected chi connectivity index (χ0v) is 8.59. The summed E-state index contributed by atoms with van der Waals surface area (Å²) in [5.74, 6) is 0. The molecule has 4 nitrogen and oxygen atoms in total. The van der Waals surface area contributed by atoms with E-state index in [1.165, 1.54) is 13.0 Å². The van der Waals surface area contributed by atoms with Crippen LogP contribution in [0.4, 0.5) is 5.69 Å². The van der Waals surface area contributed by atoms with Crippen LogP contribution in [-0.4, -0.2) is 10.2 Å². The van der Waals surface area contributed by atoms with Gasteiger partial charge >= 0.3 is 0 Å². The molecule has 0 N–H and O–H groups in total. The maximum Gasteiger partial charge on any atom is 0.283 e. The van der Waals surface area contributed by atoms with E-state index in [-0.39, 0.29) is 16.3 Å². The first-order valence-electron chi connectivity index (χ1n) is 3.58. The molecular formula is C8H5Cl2NO3. The molecule has 74 valence electrons. The van der Waals surface area contributed by atoms with Crippen LogP contribution in [0.5, 0.6) is 0 Å². The number of nitro groups is 1. The normalized spacial score (nSPS) is 9.93. The van der Waals surface area contributed by atoms with Gasteiger partial charge in [0, 0.05) is 11.1 Å². The van der Waals surface area contributed by atoms with Crippen LogP contribution in [0.25, 0.3) is 0 Å². The van der Waals surface area contributed by atoms with Gasteiger partial charge in [-0.2, -0.15) is 0 Å². The molecule has 0 saturated heterocycles. The van der Waals surface area contributed by atoms with Gasteiger partial charge in [-0.3, -0.25) is 14.9 Å². The average Bonchev–Trinajstić information content (AvgIpc) is 2.01. The first-order chi connectivity index (χ1) is 6.43. The molecule has 1 aromatic rings. The zero-order valence-electron chi connectivity index (χ0n) is 7.08. The molecule has 0 unspecified atom stereocenters. The molecule has 14 heavy (non-hydrogen) atoms. The Morgan fingerprint density at radius 2 is 2.07 bits per heavy atom.